The molecule has 2 rings (SSSR count). The Labute approximate surface area is 84.9 Å². The molecule has 0 atom stereocenters. The van der Waals surface area contributed by atoms with Gasteiger partial charge in [0.2, 0.25) is 0 Å². The topological polar surface area (TPSA) is 0 Å². The van der Waals surface area contributed by atoms with Gasteiger partial charge in [0.25, 0.3) is 0 Å². The molecule has 0 N–H and O–H groups in total. The molecule has 0 bridgehead atoms. The second-order valence-electron chi connectivity index (χ2n) is 3.66. The van der Waals surface area contributed by atoms with Crippen LogP contribution in [0, 0.1) is 13.8 Å². The fourth-order valence-corrected chi connectivity index (χ4v) is 1.89. The molecule has 0 saturated carbocycles. The maximum absolute atomic E-state index is 3.88. The lowest BCUT2D eigenvalue weighted by Crippen LogP contribution is -1.88. The van der Waals surface area contributed by atoms with E-state index >= 15 is 0 Å². The number of aryl methyl sites for hydroxylation is 1. The molecular formula is C14H14. The second-order valence-corrected chi connectivity index (χ2v) is 3.66. The van der Waals surface area contributed by atoms with Gasteiger partial charge in [-0.1, -0.05) is 43.0 Å². The Morgan fingerprint density at radius 1 is 1.14 bits per heavy atom. The van der Waals surface area contributed by atoms with E-state index in [9.17, 15) is 0 Å². The smallest absolute Gasteiger partial charge is 0.0109 e. The van der Waals surface area contributed by atoms with Gasteiger partial charge in [0.05, 0.1) is 0 Å². The molecule has 0 fully saturated rings. The van der Waals surface area contributed by atoms with Crippen molar-refractivity contribution in [3.05, 3.63) is 53.6 Å². The minimum atomic E-state index is 1.26. The molecule has 0 heteroatoms. The number of hydrogen-bond donors (Lipinski definition) is 0. The van der Waals surface area contributed by atoms with Gasteiger partial charge in [0, 0.05) is 0 Å². The highest BCUT2D eigenvalue weighted by atomic mass is 14.1. The van der Waals surface area contributed by atoms with Gasteiger partial charge in [0.15, 0.2) is 0 Å². The van der Waals surface area contributed by atoms with Crippen molar-refractivity contribution in [3.63, 3.8) is 0 Å². The molecule has 0 saturated heterocycles. The lowest BCUT2D eigenvalue weighted by atomic mass is 9.96. The van der Waals surface area contributed by atoms with Crippen LogP contribution in [-0.4, -0.2) is 0 Å². The SMILES string of the molecule is C=Cc1c(C)c(C)cc2ccccc12. The highest BCUT2D eigenvalue weighted by molar-refractivity contribution is 5.92. The standard InChI is InChI=1S/C14H14/c1-4-13-11(3)10(2)9-12-7-5-6-8-14(12)13/h4-9H,1H2,2-3H3. The van der Waals surface area contributed by atoms with E-state index in [0.29, 0.717) is 0 Å². The molecule has 0 unspecified atom stereocenters. The third-order valence-electron chi connectivity index (χ3n) is 2.82. The van der Waals surface area contributed by atoms with E-state index in [1.807, 2.05) is 6.08 Å². The zero-order chi connectivity index (χ0) is 10.1. The van der Waals surface area contributed by atoms with Crippen molar-refractivity contribution >= 4 is 16.8 Å². The van der Waals surface area contributed by atoms with Gasteiger partial charge in [-0.05, 0) is 41.3 Å². The Hall–Kier alpha value is -1.56. The summed E-state index contributed by atoms with van der Waals surface area (Å²) < 4.78 is 0. The van der Waals surface area contributed by atoms with Gasteiger partial charge in [-0.3, -0.25) is 0 Å². The Kier molecular flexibility index (Phi) is 2.12. The lowest BCUT2D eigenvalue weighted by molar-refractivity contribution is 1.35. The largest absolute Gasteiger partial charge is 0.0984 e. The van der Waals surface area contributed by atoms with Crippen LogP contribution >= 0.6 is 0 Å². The zero-order valence-electron chi connectivity index (χ0n) is 8.67. The second kappa shape index (κ2) is 3.30. The predicted octanol–water partition coefficient (Wildman–Crippen LogP) is 4.10. The van der Waals surface area contributed by atoms with Crippen molar-refractivity contribution in [1.29, 1.82) is 0 Å². The first-order valence-corrected chi connectivity index (χ1v) is 4.85. The van der Waals surface area contributed by atoms with E-state index in [4.69, 9.17) is 0 Å². The lowest BCUT2D eigenvalue weighted by Gasteiger charge is -2.09. The van der Waals surface area contributed by atoms with Crippen molar-refractivity contribution in [3.8, 4) is 0 Å². The Morgan fingerprint density at radius 3 is 2.57 bits per heavy atom. The average molecular weight is 182 g/mol. The van der Waals surface area contributed by atoms with Gasteiger partial charge in [0.1, 0.15) is 0 Å². The predicted molar refractivity (Wildman–Crippen MR) is 63.5 cm³/mol. The third kappa shape index (κ3) is 1.24. The summed E-state index contributed by atoms with van der Waals surface area (Å²) in [6, 6.07) is 10.7. The molecular weight excluding hydrogens is 168 g/mol. The zero-order valence-corrected chi connectivity index (χ0v) is 8.67. The molecule has 0 aliphatic carbocycles. The van der Waals surface area contributed by atoms with Gasteiger partial charge in [-0.2, -0.15) is 0 Å². The van der Waals surface area contributed by atoms with Crippen molar-refractivity contribution in [2.45, 2.75) is 13.8 Å². The van der Waals surface area contributed by atoms with Crippen LogP contribution < -0.4 is 0 Å². The first-order valence-electron chi connectivity index (χ1n) is 4.85. The Balaban J connectivity index is 2.96. The highest BCUT2D eigenvalue weighted by Gasteiger charge is 2.03. The molecule has 2 aromatic carbocycles. The van der Waals surface area contributed by atoms with E-state index in [0.717, 1.165) is 0 Å². The molecule has 0 radical (unpaired) electrons. The van der Waals surface area contributed by atoms with Crippen molar-refractivity contribution in [2.24, 2.45) is 0 Å². The third-order valence-corrected chi connectivity index (χ3v) is 2.82. The van der Waals surface area contributed by atoms with Crippen LogP contribution in [0.4, 0.5) is 0 Å². The summed E-state index contributed by atoms with van der Waals surface area (Å²) in [5.74, 6) is 0. The molecule has 14 heavy (non-hydrogen) atoms. The highest BCUT2D eigenvalue weighted by Crippen LogP contribution is 2.25. The summed E-state index contributed by atoms with van der Waals surface area (Å²) in [6.45, 7) is 8.18. The van der Waals surface area contributed by atoms with E-state index < -0.39 is 0 Å². The number of fused-ring (bicyclic) bond motifs is 1. The number of rotatable bonds is 1. The van der Waals surface area contributed by atoms with Gasteiger partial charge < -0.3 is 0 Å². The van der Waals surface area contributed by atoms with Gasteiger partial charge in [-0.25, -0.2) is 0 Å². The average Bonchev–Trinajstić information content (AvgIpc) is 2.20. The first kappa shape index (κ1) is 9.01. The van der Waals surface area contributed by atoms with E-state index in [2.05, 4.69) is 50.8 Å². The summed E-state index contributed by atoms with van der Waals surface area (Å²) in [6.07, 6.45) is 1.95. The molecule has 0 aromatic heterocycles. The van der Waals surface area contributed by atoms with Crippen molar-refractivity contribution in [1.82, 2.24) is 0 Å². The molecule has 0 heterocycles. The van der Waals surface area contributed by atoms with E-state index in [-0.39, 0.29) is 0 Å². The molecule has 0 spiro atoms. The Morgan fingerprint density at radius 2 is 1.86 bits per heavy atom. The fourth-order valence-electron chi connectivity index (χ4n) is 1.89. The van der Waals surface area contributed by atoms with Crippen LogP contribution in [0.25, 0.3) is 16.8 Å². The number of hydrogen-bond acceptors (Lipinski definition) is 0. The number of benzene rings is 2. The molecule has 70 valence electrons. The summed E-state index contributed by atoms with van der Waals surface area (Å²) in [7, 11) is 0. The normalized spacial score (nSPS) is 10.4. The van der Waals surface area contributed by atoms with E-state index in [1.165, 1.54) is 27.5 Å². The van der Waals surface area contributed by atoms with Crippen molar-refractivity contribution < 1.29 is 0 Å². The van der Waals surface area contributed by atoms with Crippen LogP contribution in [-0.2, 0) is 0 Å². The first-order chi connectivity index (χ1) is 6.74. The van der Waals surface area contributed by atoms with Crippen LogP contribution in [0.2, 0.25) is 0 Å². The van der Waals surface area contributed by atoms with Gasteiger partial charge in [-0.15, -0.1) is 0 Å². The van der Waals surface area contributed by atoms with Crippen molar-refractivity contribution in [2.75, 3.05) is 0 Å². The minimum Gasteiger partial charge on any atom is -0.0984 e. The van der Waals surface area contributed by atoms with Crippen LogP contribution in [0.3, 0.4) is 0 Å². The van der Waals surface area contributed by atoms with Gasteiger partial charge >= 0.3 is 0 Å². The molecule has 0 nitrogen and oxygen atoms in total. The molecule has 0 aliphatic rings. The minimum absolute atomic E-state index is 1.26. The van der Waals surface area contributed by atoms with Crippen LogP contribution in [0.1, 0.15) is 16.7 Å². The van der Waals surface area contributed by atoms with E-state index in [1.54, 1.807) is 0 Å². The molecule has 2 aromatic rings. The quantitative estimate of drug-likeness (QED) is 0.623. The van der Waals surface area contributed by atoms with Crippen LogP contribution in [0.15, 0.2) is 36.9 Å². The summed E-state index contributed by atoms with van der Waals surface area (Å²) >= 11 is 0. The van der Waals surface area contributed by atoms with Crippen LogP contribution in [0.5, 0.6) is 0 Å². The fraction of sp³-hybridized carbons (Fsp3) is 0.143. The molecule has 0 aliphatic heterocycles. The maximum Gasteiger partial charge on any atom is -0.0109 e. The summed E-state index contributed by atoms with van der Waals surface area (Å²) in [5, 5.41) is 2.59. The Bertz CT molecular complexity index is 493. The summed E-state index contributed by atoms with van der Waals surface area (Å²) in [4.78, 5) is 0. The molecule has 0 amide bonds. The maximum atomic E-state index is 3.88. The summed E-state index contributed by atoms with van der Waals surface area (Å²) in [5.41, 5.74) is 3.93. The monoisotopic (exact) mass is 182 g/mol.